The van der Waals surface area contributed by atoms with Gasteiger partial charge in [-0.25, -0.2) is 13.1 Å². The average molecular weight is 426 g/mol. The van der Waals surface area contributed by atoms with Crippen LogP contribution in [0.15, 0.2) is 59.1 Å². The Kier molecular flexibility index (Phi) is 5.95. The van der Waals surface area contributed by atoms with Crippen molar-refractivity contribution in [3.05, 3.63) is 64.8 Å². The normalized spacial score (nSPS) is 11.7. The van der Waals surface area contributed by atoms with E-state index in [1.807, 2.05) is 36.5 Å². The second-order valence-corrected chi connectivity index (χ2v) is 9.58. The SMILES string of the molecule is CN(CC(=O)OCc1ccc(-n2cccn2)cc1)S(=O)(=O)c1ccc(Cl)s1. The highest BCUT2D eigenvalue weighted by molar-refractivity contribution is 7.91. The molecule has 0 saturated heterocycles. The summed E-state index contributed by atoms with van der Waals surface area (Å²) in [7, 11) is -2.45. The molecule has 0 radical (unpaired) electrons. The van der Waals surface area contributed by atoms with E-state index in [9.17, 15) is 13.2 Å². The van der Waals surface area contributed by atoms with E-state index in [4.69, 9.17) is 16.3 Å². The van der Waals surface area contributed by atoms with Gasteiger partial charge in [-0.2, -0.15) is 9.40 Å². The predicted octanol–water partition coefficient (Wildman–Crippen LogP) is 2.95. The van der Waals surface area contributed by atoms with Crippen molar-refractivity contribution in [1.29, 1.82) is 0 Å². The Morgan fingerprint density at radius 1 is 1.26 bits per heavy atom. The maximum atomic E-state index is 12.4. The largest absolute Gasteiger partial charge is 0.460 e. The molecule has 0 aliphatic carbocycles. The van der Waals surface area contributed by atoms with E-state index in [1.54, 1.807) is 10.9 Å². The zero-order chi connectivity index (χ0) is 19.4. The molecule has 142 valence electrons. The van der Waals surface area contributed by atoms with E-state index in [0.717, 1.165) is 26.9 Å². The van der Waals surface area contributed by atoms with E-state index >= 15 is 0 Å². The number of benzene rings is 1. The first-order chi connectivity index (χ1) is 12.9. The van der Waals surface area contributed by atoms with Crippen LogP contribution in [0.3, 0.4) is 0 Å². The number of ether oxygens (including phenoxy) is 1. The van der Waals surface area contributed by atoms with Gasteiger partial charge in [0.1, 0.15) is 17.4 Å². The summed E-state index contributed by atoms with van der Waals surface area (Å²) in [6.45, 7) is -0.333. The van der Waals surface area contributed by atoms with Crippen LogP contribution in [0, 0.1) is 0 Å². The van der Waals surface area contributed by atoms with Gasteiger partial charge in [-0.05, 0) is 35.9 Å². The van der Waals surface area contributed by atoms with Gasteiger partial charge in [-0.15, -0.1) is 11.3 Å². The summed E-state index contributed by atoms with van der Waals surface area (Å²) in [6, 6.07) is 12.1. The Morgan fingerprint density at radius 2 is 2.00 bits per heavy atom. The van der Waals surface area contributed by atoms with Gasteiger partial charge in [0.05, 0.1) is 10.0 Å². The van der Waals surface area contributed by atoms with E-state index in [-0.39, 0.29) is 17.4 Å². The van der Waals surface area contributed by atoms with Gasteiger partial charge in [0.2, 0.25) is 0 Å². The van der Waals surface area contributed by atoms with Gasteiger partial charge in [-0.3, -0.25) is 4.79 Å². The summed E-state index contributed by atoms with van der Waals surface area (Å²) >= 11 is 6.71. The van der Waals surface area contributed by atoms with Crippen molar-refractivity contribution in [2.24, 2.45) is 0 Å². The number of halogens is 1. The lowest BCUT2D eigenvalue weighted by atomic mass is 10.2. The fourth-order valence-corrected chi connectivity index (χ4v) is 5.04. The minimum Gasteiger partial charge on any atom is -0.460 e. The first-order valence-corrected chi connectivity index (χ1v) is 10.5. The van der Waals surface area contributed by atoms with E-state index in [0.29, 0.717) is 4.34 Å². The average Bonchev–Trinajstić information content (AvgIpc) is 3.32. The van der Waals surface area contributed by atoms with Gasteiger partial charge < -0.3 is 4.74 Å². The highest BCUT2D eigenvalue weighted by Crippen LogP contribution is 2.27. The number of thiophene rings is 1. The van der Waals surface area contributed by atoms with Crippen LogP contribution in [-0.2, 0) is 26.2 Å². The molecule has 3 aromatic rings. The summed E-state index contributed by atoms with van der Waals surface area (Å²) in [5.41, 5.74) is 1.67. The highest BCUT2D eigenvalue weighted by atomic mass is 35.5. The molecule has 27 heavy (non-hydrogen) atoms. The minimum atomic E-state index is -3.77. The van der Waals surface area contributed by atoms with Crippen LogP contribution < -0.4 is 0 Å². The lowest BCUT2D eigenvalue weighted by Crippen LogP contribution is -2.32. The first-order valence-electron chi connectivity index (χ1n) is 7.82. The number of carbonyl (C=O) groups is 1. The Labute approximate surface area is 165 Å². The molecule has 3 rings (SSSR count). The van der Waals surface area contributed by atoms with Crippen LogP contribution in [0.1, 0.15) is 5.56 Å². The molecule has 0 bridgehead atoms. The van der Waals surface area contributed by atoms with Crippen molar-refractivity contribution in [2.75, 3.05) is 13.6 Å². The molecule has 1 aromatic carbocycles. The summed E-state index contributed by atoms with van der Waals surface area (Å²) in [5, 5.41) is 4.13. The number of esters is 1. The third-order valence-electron chi connectivity index (χ3n) is 3.67. The van der Waals surface area contributed by atoms with Gasteiger partial charge >= 0.3 is 5.97 Å². The molecule has 0 amide bonds. The van der Waals surface area contributed by atoms with Crippen molar-refractivity contribution in [1.82, 2.24) is 14.1 Å². The van der Waals surface area contributed by atoms with Crippen molar-refractivity contribution >= 4 is 38.9 Å². The first kappa shape index (κ1) is 19.6. The van der Waals surface area contributed by atoms with Crippen LogP contribution in [0.4, 0.5) is 0 Å². The number of hydrogen-bond donors (Lipinski definition) is 0. The number of hydrogen-bond acceptors (Lipinski definition) is 6. The Hall–Kier alpha value is -2.20. The number of likely N-dealkylation sites (N-methyl/N-ethyl adjacent to an activating group) is 1. The molecule has 0 atom stereocenters. The maximum absolute atomic E-state index is 12.4. The highest BCUT2D eigenvalue weighted by Gasteiger charge is 2.25. The molecule has 0 saturated carbocycles. The van der Waals surface area contributed by atoms with Crippen LogP contribution in [0.25, 0.3) is 5.69 Å². The molecule has 2 heterocycles. The number of rotatable bonds is 7. The molecule has 0 N–H and O–H groups in total. The molecule has 10 heteroatoms. The number of sulfonamides is 1. The molecular formula is C17H16ClN3O4S2. The lowest BCUT2D eigenvalue weighted by Gasteiger charge is -2.15. The molecule has 0 unspecified atom stereocenters. The maximum Gasteiger partial charge on any atom is 0.321 e. The fraction of sp³-hybridized carbons (Fsp3) is 0.176. The smallest absolute Gasteiger partial charge is 0.321 e. The lowest BCUT2D eigenvalue weighted by molar-refractivity contribution is -0.144. The zero-order valence-corrected chi connectivity index (χ0v) is 16.7. The quantitative estimate of drug-likeness (QED) is 0.543. The second kappa shape index (κ2) is 8.22. The molecule has 0 aliphatic heterocycles. The Balaban J connectivity index is 1.55. The van der Waals surface area contributed by atoms with Crippen molar-refractivity contribution < 1.29 is 17.9 Å². The van der Waals surface area contributed by atoms with Gasteiger partial charge in [0.25, 0.3) is 10.0 Å². The molecular weight excluding hydrogens is 410 g/mol. The second-order valence-electron chi connectivity index (χ2n) is 5.60. The van der Waals surface area contributed by atoms with E-state index in [1.165, 1.54) is 19.2 Å². The van der Waals surface area contributed by atoms with Crippen molar-refractivity contribution in [2.45, 2.75) is 10.8 Å². The molecule has 2 aromatic heterocycles. The standard InChI is InChI=1S/C17H16ClN3O4S2/c1-20(27(23,24)17-8-7-15(18)26-17)11-16(22)25-12-13-3-5-14(6-4-13)21-10-2-9-19-21/h2-10H,11-12H2,1H3. The van der Waals surface area contributed by atoms with Crippen LogP contribution in [0.5, 0.6) is 0 Å². The Morgan fingerprint density at radius 3 is 2.59 bits per heavy atom. The third kappa shape index (κ3) is 4.75. The van der Waals surface area contributed by atoms with E-state index in [2.05, 4.69) is 5.10 Å². The predicted molar refractivity (Wildman–Crippen MR) is 103 cm³/mol. The third-order valence-corrected chi connectivity index (χ3v) is 7.17. The Bertz CT molecular complexity index is 1010. The van der Waals surface area contributed by atoms with Gasteiger partial charge in [-0.1, -0.05) is 23.7 Å². The summed E-state index contributed by atoms with van der Waals surface area (Å²) in [6.07, 6.45) is 3.51. The summed E-state index contributed by atoms with van der Waals surface area (Å²) in [5.74, 6) is -0.639. The summed E-state index contributed by atoms with van der Waals surface area (Å²) in [4.78, 5) is 12.0. The summed E-state index contributed by atoms with van der Waals surface area (Å²) < 4.78 is 33.0. The number of carbonyl (C=O) groups excluding carboxylic acids is 1. The molecule has 7 nitrogen and oxygen atoms in total. The van der Waals surface area contributed by atoms with E-state index < -0.39 is 16.0 Å². The monoisotopic (exact) mass is 425 g/mol. The number of nitrogens with zero attached hydrogens (tertiary/aromatic N) is 3. The van der Waals surface area contributed by atoms with Gasteiger partial charge in [0, 0.05) is 19.4 Å². The topological polar surface area (TPSA) is 81.5 Å². The zero-order valence-electron chi connectivity index (χ0n) is 14.3. The van der Waals surface area contributed by atoms with Crippen LogP contribution in [0.2, 0.25) is 4.34 Å². The minimum absolute atomic E-state index is 0.0525. The molecule has 0 aliphatic rings. The molecule has 0 fully saturated rings. The van der Waals surface area contributed by atoms with Crippen LogP contribution >= 0.6 is 22.9 Å². The number of aromatic nitrogens is 2. The molecule has 0 spiro atoms. The van der Waals surface area contributed by atoms with Crippen molar-refractivity contribution in [3.8, 4) is 5.69 Å². The van der Waals surface area contributed by atoms with Crippen LogP contribution in [-0.4, -0.2) is 42.1 Å². The fourth-order valence-electron chi connectivity index (χ4n) is 2.23. The van der Waals surface area contributed by atoms with Crippen molar-refractivity contribution in [3.63, 3.8) is 0 Å². The van der Waals surface area contributed by atoms with Gasteiger partial charge in [0.15, 0.2) is 0 Å².